The molecule has 1 saturated heterocycles. The maximum Gasteiger partial charge on any atom is 0.422 e. The van der Waals surface area contributed by atoms with E-state index in [1.165, 1.54) is 40.8 Å². The molecule has 1 aliphatic heterocycles. The minimum absolute atomic E-state index is 0.00206. The molecular formula is C20H21ClF3N3O4S. The van der Waals surface area contributed by atoms with Crippen molar-refractivity contribution in [2.24, 2.45) is 0 Å². The number of hydrogen-bond donors (Lipinski definition) is 1. The number of piperidine rings is 1. The second-order valence-corrected chi connectivity index (χ2v) is 9.48. The van der Waals surface area contributed by atoms with Gasteiger partial charge in [0.05, 0.1) is 5.02 Å². The third-order valence-electron chi connectivity index (χ3n) is 4.79. The first kappa shape index (κ1) is 24.3. The Kier molecular flexibility index (Phi) is 7.63. The van der Waals surface area contributed by atoms with Crippen molar-refractivity contribution in [3.63, 3.8) is 0 Å². The second-order valence-electron chi connectivity index (χ2n) is 7.16. The van der Waals surface area contributed by atoms with Crippen molar-refractivity contribution in [1.82, 2.24) is 14.6 Å². The van der Waals surface area contributed by atoms with E-state index in [-0.39, 0.29) is 33.5 Å². The number of nitrogens with zero attached hydrogens (tertiary/aromatic N) is 2. The van der Waals surface area contributed by atoms with Crippen molar-refractivity contribution >= 4 is 27.5 Å². The molecule has 32 heavy (non-hydrogen) atoms. The van der Waals surface area contributed by atoms with Crippen molar-refractivity contribution < 1.29 is 31.1 Å². The fourth-order valence-corrected chi connectivity index (χ4v) is 5.22. The van der Waals surface area contributed by atoms with Crippen LogP contribution in [0.15, 0.2) is 41.4 Å². The molecule has 7 nitrogen and oxygen atoms in total. The third-order valence-corrected chi connectivity index (χ3v) is 7.17. The van der Waals surface area contributed by atoms with E-state index in [0.29, 0.717) is 13.1 Å². The molecule has 2 heterocycles. The molecule has 1 fully saturated rings. The lowest BCUT2D eigenvalue weighted by atomic mass is 10.2. The van der Waals surface area contributed by atoms with E-state index in [9.17, 15) is 26.4 Å². The number of carbonyl (C=O) groups is 1. The van der Waals surface area contributed by atoms with Gasteiger partial charge in [-0.1, -0.05) is 24.1 Å². The van der Waals surface area contributed by atoms with E-state index < -0.39 is 28.7 Å². The SMILES string of the molecule is O=C(NCc1cccnc1OCC(F)(F)F)c1ccc(Cl)c(S(=O)(=O)N2CCCCC2)c1. The fourth-order valence-electron chi connectivity index (χ4n) is 3.20. The number of amides is 1. The van der Waals surface area contributed by atoms with Crippen LogP contribution in [0.3, 0.4) is 0 Å². The minimum atomic E-state index is -4.53. The lowest BCUT2D eigenvalue weighted by Gasteiger charge is -2.26. The largest absolute Gasteiger partial charge is 0.468 e. The molecule has 12 heteroatoms. The highest BCUT2D eigenvalue weighted by atomic mass is 35.5. The maximum atomic E-state index is 13.0. The Morgan fingerprint density at radius 2 is 1.91 bits per heavy atom. The summed E-state index contributed by atoms with van der Waals surface area (Å²) in [5.74, 6) is -0.878. The van der Waals surface area contributed by atoms with Crippen molar-refractivity contribution in [3.05, 3.63) is 52.7 Å². The number of sulfonamides is 1. The molecule has 2 aromatic rings. The van der Waals surface area contributed by atoms with Crippen molar-refractivity contribution in [2.75, 3.05) is 19.7 Å². The van der Waals surface area contributed by atoms with E-state index in [1.807, 2.05) is 0 Å². The van der Waals surface area contributed by atoms with Crippen LogP contribution in [0.4, 0.5) is 13.2 Å². The number of pyridine rings is 1. The zero-order valence-electron chi connectivity index (χ0n) is 16.9. The number of nitrogens with one attached hydrogen (secondary N) is 1. The first-order chi connectivity index (χ1) is 15.1. The van der Waals surface area contributed by atoms with Gasteiger partial charge in [0.2, 0.25) is 15.9 Å². The zero-order chi connectivity index (χ0) is 23.4. The van der Waals surface area contributed by atoms with E-state index in [1.54, 1.807) is 0 Å². The Balaban J connectivity index is 1.74. The van der Waals surface area contributed by atoms with Gasteiger partial charge in [0.1, 0.15) is 4.90 Å². The molecule has 0 aliphatic carbocycles. The van der Waals surface area contributed by atoms with Crippen LogP contribution in [0.25, 0.3) is 0 Å². The summed E-state index contributed by atoms with van der Waals surface area (Å²) in [6.45, 7) is -0.913. The summed E-state index contributed by atoms with van der Waals surface area (Å²) in [5.41, 5.74) is 0.284. The molecule has 1 aliphatic rings. The number of alkyl halides is 3. The number of benzene rings is 1. The van der Waals surface area contributed by atoms with Crippen molar-refractivity contribution in [1.29, 1.82) is 0 Å². The predicted molar refractivity (Wildman–Crippen MR) is 111 cm³/mol. The number of rotatable bonds is 7. The van der Waals surface area contributed by atoms with Gasteiger partial charge in [0.25, 0.3) is 5.91 Å². The summed E-state index contributed by atoms with van der Waals surface area (Å²) in [5, 5.41) is 2.54. The number of ether oxygens (including phenoxy) is 1. The molecule has 1 amide bonds. The Hall–Kier alpha value is -2.37. The molecule has 0 saturated carbocycles. The van der Waals surface area contributed by atoms with E-state index in [4.69, 9.17) is 16.3 Å². The van der Waals surface area contributed by atoms with Crippen LogP contribution < -0.4 is 10.1 Å². The number of carbonyl (C=O) groups excluding carboxylic acids is 1. The zero-order valence-corrected chi connectivity index (χ0v) is 18.4. The van der Waals surface area contributed by atoms with Gasteiger partial charge in [0, 0.05) is 37.0 Å². The molecule has 174 valence electrons. The Bertz CT molecular complexity index is 1070. The Morgan fingerprint density at radius 1 is 1.19 bits per heavy atom. The van der Waals surface area contributed by atoms with Crippen molar-refractivity contribution in [2.45, 2.75) is 36.9 Å². The Morgan fingerprint density at radius 3 is 2.59 bits per heavy atom. The first-order valence-electron chi connectivity index (χ1n) is 9.79. The third kappa shape index (κ3) is 6.11. The molecule has 0 spiro atoms. The highest BCUT2D eigenvalue weighted by Crippen LogP contribution is 2.28. The van der Waals surface area contributed by atoms with Crippen LogP contribution in [-0.4, -0.2) is 49.5 Å². The van der Waals surface area contributed by atoms with Gasteiger partial charge in [0.15, 0.2) is 6.61 Å². The summed E-state index contributed by atoms with van der Waals surface area (Å²) in [4.78, 5) is 16.2. The van der Waals surface area contributed by atoms with Crippen molar-refractivity contribution in [3.8, 4) is 5.88 Å². The van der Waals surface area contributed by atoms with Crippen LogP contribution in [0, 0.1) is 0 Å². The van der Waals surface area contributed by atoms with Gasteiger partial charge in [-0.3, -0.25) is 4.79 Å². The summed E-state index contributed by atoms with van der Waals surface area (Å²) in [6, 6.07) is 6.86. The smallest absolute Gasteiger partial charge is 0.422 e. The lowest BCUT2D eigenvalue weighted by molar-refractivity contribution is -0.154. The highest BCUT2D eigenvalue weighted by Gasteiger charge is 2.30. The van der Waals surface area contributed by atoms with Crippen LogP contribution in [-0.2, 0) is 16.6 Å². The molecule has 0 atom stereocenters. The van der Waals surface area contributed by atoms with Gasteiger partial charge in [-0.15, -0.1) is 0 Å². The van der Waals surface area contributed by atoms with E-state index in [2.05, 4.69) is 10.3 Å². The minimum Gasteiger partial charge on any atom is -0.468 e. The molecule has 1 aromatic heterocycles. The quantitative estimate of drug-likeness (QED) is 0.636. The molecule has 0 bridgehead atoms. The molecule has 3 rings (SSSR count). The standard InChI is InChI=1S/C20H21ClF3N3O4S/c21-16-7-6-14(11-17(16)32(29,30)27-9-2-1-3-10-27)18(28)26-12-15-5-4-8-25-19(15)31-13-20(22,23)24/h4-8,11H,1-3,9-10,12-13H2,(H,26,28). The summed E-state index contributed by atoms with van der Waals surface area (Å²) in [7, 11) is -3.86. The molecule has 1 N–H and O–H groups in total. The maximum absolute atomic E-state index is 13.0. The summed E-state index contributed by atoms with van der Waals surface area (Å²) < 4.78 is 69.2. The summed E-state index contributed by atoms with van der Waals surface area (Å²) in [6.07, 6.45) is -0.807. The summed E-state index contributed by atoms with van der Waals surface area (Å²) >= 11 is 6.12. The van der Waals surface area contributed by atoms with Gasteiger partial charge in [-0.25, -0.2) is 13.4 Å². The van der Waals surface area contributed by atoms with Gasteiger partial charge in [-0.2, -0.15) is 17.5 Å². The molecular weight excluding hydrogens is 471 g/mol. The van der Waals surface area contributed by atoms with Crippen LogP contribution >= 0.6 is 11.6 Å². The normalized spacial score (nSPS) is 15.4. The average Bonchev–Trinajstić information content (AvgIpc) is 2.77. The van der Waals surface area contributed by atoms with E-state index in [0.717, 1.165) is 19.3 Å². The van der Waals surface area contributed by atoms with Gasteiger partial charge in [-0.05, 0) is 37.1 Å². The van der Waals surface area contributed by atoms with Crippen LogP contribution in [0.2, 0.25) is 5.02 Å². The number of aromatic nitrogens is 1. The first-order valence-corrected chi connectivity index (χ1v) is 11.6. The number of hydrogen-bond acceptors (Lipinski definition) is 5. The lowest BCUT2D eigenvalue weighted by Crippen LogP contribution is -2.36. The van der Waals surface area contributed by atoms with Gasteiger partial charge < -0.3 is 10.1 Å². The van der Waals surface area contributed by atoms with Crippen LogP contribution in [0.1, 0.15) is 35.2 Å². The molecule has 0 unspecified atom stereocenters. The molecule has 0 radical (unpaired) electrons. The van der Waals surface area contributed by atoms with Crippen LogP contribution in [0.5, 0.6) is 5.88 Å². The number of halogens is 4. The Labute approximate surface area is 188 Å². The fraction of sp³-hybridized carbons (Fsp3) is 0.400. The molecule has 1 aromatic carbocycles. The van der Waals surface area contributed by atoms with E-state index >= 15 is 0 Å². The highest BCUT2D eigenvalue weighted by molar-refractivity contribution is 7.89. The predicted octanol–water partition coefficient (Wildman–Crippen LogP) is 3.78. The topological polar surface area (TPSA) is 88.6 Å². The average molecular weight is 492 g/mol. The monoisotopic (exact) mass is 491 g/mol. The second kappa shape index (κ2) is 10.1. The van der Waals surface area contributed by atoms with Gasteiger partial charge >= 0.3 is 6.18 Å².